The maximum atomic E-state index is 13.5. The maximum absolute atomic E-state index is 13.5. The molecule has 632 valence electrons. The van der Waals surface area contributed by atoms with Crippen molar-refractivity contribution in [2.45, 2.75) is 249 Å². The number of nitrogens with zero attached hydrogens (tertiary/aromatic N) is 3. The van der Waals surface area contributed by atoms with Crippen molar-refractivity contribution in [3.63, 3.8) is 0 Å². The molecular weight excluding hydrogens is 1570 g/mol. The highest BCUT2D eigenvalue weighted by Gasteiger charge is 2.67. The Balaban J connectivity index is 0.925. The molecule has 3 aliphatic heterocycles. The van der Waals surface area contributed by atoms with E-state index in [1.807, 2.05) is 0 Å². The van der Waals surface area contributed by atoms with Gasteiger partial charge in [0.2, 0.25) is 59.1 Å². The Kier molecular flexibility index (Phi) is 42.9. The van der Waals surface area contributed by atoms with E-state index in [2.05, 4.69) is 42.0 Å². The molecule has 14 atom stereocenters. The summed E-state index contributed by atoms with van der Waals surface area (Å²) < 4.78 is 21.5. The molecule has 3 saturated heterocycles. The molecule has 0 aromatic carbocycles. The Bertz CT molecular complexity index is 3160. The SMILES string of the molecule is CC(=O)CCSC1CC(=O)N(CCCC(=O)NCCSCCCOC2CC3C[C@H](OCCCSCCNC(=O)CCCN4C(=O)CC(SCCC(C)=O)C4=O)CC[C@]3(C)C3C[C@H](OCCCSCCNC(=O)CCCN4C(=O)CC(SCCC(C)=O)C4=O)[C@@]4(C)C(CC[C@H]4[C@H](C)CCC(=O)CCCSCNC(C)=O)C23)C1=O. The number of imide groups is 3. The number of amides is 10. The first-order valence-electron chi connectivity index (χ1n) is 41.3. The summed E-state index contributed by atoms with van der Waals surface area (Å²) in [6.45, 7) is 17.5. The first-order valence-corrected chi connectivity index (χ1v) is 49.1. The van der Waals surface area contributed by atoms with Crippen molar-refractivity contribution in [3.05, 3.63) is 0 Å². The second-order valence-corrected chi connectivity index (χ2v) is 40.7. The number of ketones is 4. The van der Waals surface area contributed by atoms with E-state index >= 15 is 0 Å². The van der Waals surface area contributed by atoms with Gasteiger partial charge in [-0.25, -0.2) is 0 Å². The summed E-state index contributed by atoms with van der Waals surface area (Å²) in [5.41, 5.74) is -0.146. The number of rotatable bonds is 58. The Morgan fingerprint density at radius 3 is 1.37 bits per heavy atom. The first kappa shape index (κ1) is 95.5. The van der Waals surface area contributed by atoms with Crippen LogP contribution in [0.25, 0.3) is 0 Å². The van der Waals surface area contributed by atoms with Crippen molar-refractivity contribution < 1.29 is 81.3 Å². The molecule has 4 N–H and O–H groups in total. The molecule has 112 heavy (non-hydrogen) atoms. The van der Waals surface area contributed by atoms with Crippen LogP contribution in [0.4, 0.5) is 0 Å². The van der Waals surface area contributed by atoms with Crippen molar-refractivity contribution in [2.75, 3.05) is 122 Å². The Hall–Kier alpha value is -3.69. The highest BCUT2D eigenvalue weighted by molar-refractivity contribution is 8.01. The third-order valence-electron chi connectivity index (χ3n) is 23.8. The second kappa shape index (κ2) is 50.3. The van der Waals surface area contributed by atoms with Gasteiger partial charge in [-0.2, -0.15) is 35.3 Å². The number of nitrogens with one attached hydrogen (secondary N) is 4. The molecule has 7 aliphatic rings. The average molecular weight is 1700 g/mol. The van der Waals surface area contributed by atoms with Crippen LogP contribution in [0.2, 0.25) is 0 Å². The molecule has 0 bridgehead atoms. The van der Waals surface area contributed by atoms with E-state index < -0.39 is 15.7 Å². The number of hydrogen-bond acceptors (Lipinski definition) is 24. The van der Waals surface area contributed by atoms with E-state index in [1.54, 1.807) is 47.0 Å². The predicted octanol–water partition coefficient (Wildman–Crippen LogP) is 10.2. The highest BCUT2D eigenvalue weighted by atomic mass is 32.2. The maximum Gasteiger partial charge on any atom is 0.242 e. The van der Waals surface area contributed by atoms with Crippen LogP contribution in [0.15, 0.2) is 0 Å². The minimum atomic E-state index is -0.475. The molecule has 0 aromatic heterocycles. The lowest BCUT2D eigenvalue weighted by atomic mass is 9.43. The zero-order valence-corrected chi connectivity index (χ0v) is 73.3. The first-order chi connectivity index (χ1) is 53.7. The summed E-state index contributed by atoms with van der Waals surface area (Å²) in [4.78, 5) is 178. The van der Waals surface area contributed by atoms with Crippen LogP contribution in [0.3, 0.4) is 0 Å². The van der Waals surface area contributed by atoms with Crippen LogP contribution in [0.1, 0.15) is 215 Å². The van der Waals surface area contributed by atoms with Gasteiger partial charge in [0.1, 0.15) is 23.1 Å². The van der Waals surface area contributed by atoms with E-state index in [4.69, 9.17) is 14.2 Å². The van der Waals surface area contributed by atoms with Gasteiger partial charge in [0.25, 0.3) is 0 Å². The molecular formula is C81H129N7O17S7. The van der Waals surface area contributed by atoms with Crippen LogP contribution >= 0.6 is 82.3 Å². The molecule has 4 aliphatic carbocycles. The molecule has 8 unspecified atom stereocenters. The topological polar surface area (TPSA) is 325 Å². The number of thioether (sulfide) groups is 7. The van der Waals surface area contributed by atoms with Crippen LogP contribution in [-0.2, 0) is 81.3 Å². The highest BCUT2D eigenvalue weighted by Crippen LogP contribution is 2.69. The van der Waals surface area contributed by atoms with Crippen molar-refractivity contribution in [1.29, 1.82) is 0 Å². The largest absolute Gasteiger partial charge is 0.378 e. The number of Topliss-reactive ketones (excluding diaryl/α,β-unsaturated/α-hetero) is 4. The number of fused-ring (bicyclic) bond motifs is 5. The van der Waals surface area contributed by atoms with Gasteiger partial charge in [-0.3, -0.25) is 81.8 Å². The second-order valence-electron chi connectivity index (χ2n) is 31.9. The fourth-order valence-corrected chi connectivity index (χ4v) is 24.6. The van der Waals surface area contributed by atoms with Crippen LogP contribution in [0, 0.1) is 46.3 Å². The van der Waals surface area contributed by atoms with Crippen LogP contribution in [-0.4, -0.2) is 253 Å². The van der Waals surface area contributed by atoms with Gasteiger partial charge in [0.05, 0.1) is 39.9 Å². The summed E-state index contributed by atoms with van der Waals surface area (Å²) in [6, 6.07) is 0. The summed E-state index contributed by atoms with van der Waals surface area (Å²) in [5, 5.41) is 10.4. The Morgan fingerprint density at radius 2 is 0.911 bits per heavy atom. The summed E-state index contributed by atoms with van der Waals surface area (Å²) in [5.74, 6) is 8.27. The molecule has 0 aromatic rings. The van der Waals surface area contributed by atoms with E-state index in [1.165, 1.54) is 77.7 Å². The van der Waals surface area contributed by atoms with Gasteiger partial charge >= 0.3 is 0 Å². The van der Waals surface area contributed by atoms with E-state index in [0.717, 1.165) is 117 Å². The van der Waals surface area contributed by atoms with Crippen LogP contribution < -0.4 is 21.3 Å². The van der Waals surface area contributed by atoms with Gasteiger partial charge < -0.3 is 35.5 Å². The number of carbonyl (C=O) groups is 14. The number of likely N-dealkylation sites (tertiary alicyclic amines) is 3. The fraction of sp³-hybridized carbons (Fsp3) is 0.827. The molecule has 7 rings (SSSR count). The molecule has 10 amide bonds. The minimum Gasteiger partial charge on any atom is -0.378 e. The number of hydrogen-bond donors (Lipinski definition) is 4. The molecule has 24 nitrogen and oxygen atoms in total. The zero-order valence-electron chi connectivity index (χ0n) is 67.6. The van der Waals surface area contributed by atoms with E-state index in [9.17, 15) is 67.1 Å². The summed E-state index contributed by atoms with van der Waals surface area (Å²) in [7, 11) is 0. The Morgan fingerprint density at radius 1 is 0.464 bits per heavy atom. The quantitative estimate of drug-likeness (QED) is 0.0250. The van der Waals surface area contributed by atoms with E-state index in [0.29, 0.717) is 144 Å². The monoisotopic (exact) mass is 1700 g/mol. The van der Waals surface area contributed by atoms with Crippen molar-refractivity contribution in [3.8, 4) is 0 Å². The molecule has 0 spiro atoms. The van der Waals surface area contributed by atoms with Gasteiger partial charge in [0.15, 0.2) is 0 Å². The third-order valence-corrected chi connectivity index (χ3v) is 31.5. The van der Waals surface area contributed by atoms with Gasteiger partial charge in [-0.15, -0.1) is 47.0 Å². The molecule has 0 radical (unpaired) electrons. The van der Waals surface area contributed by atoms with Crippen molar-refractivity contribution in [1.82, 2.24) is 36.0 Å². The predicted molar refractivity (Wildman–Crippen MR) is 450 cm³/mol. The Labute approximate surface area is 695 Å². The number of ether oxygens (including phenoxy) is 3. The third kappa shape index (κ3) is 30.6. The lowest BCUT2D eigenvalue weighted by molar-refractivity contribution is -0.227. The van der Waals surface area contributed by atoms with Gasteiger partial charge in [-0.1, -0.05) is 20.8 Å². The van der Waals surface area contributed by atoms with Gasteiger partial charge in [0, 0.05) is 177 Å². The normalized spacial score (nSPS) is 26.5. The summed E-state index contributed by atoms with van der Waals surface area (Å²) >= 11 is 11.0. The van der Waals surface area contributed by atoms with Crippen molar-refractivity contribution in [2.24, 2.45) is 46.3 Å². The zero-order chi connectivity index (χ0) is 81.2. The molecule has 7 fully saturated rings. The number of carbonyl (C=O) groups excluding carboxylic acids is 14. The van der Waals surface area contributed by atoms with E-state index in [-0.39, 0.29) is 175 Å². The van der Waals surface area contributed by atoms with Crippen LogP contribution in [0.5, 0.6) is 0 Å². The lowest BCUT2D eigenvalue weighted by Gasteiger charge is -2.65. The van der Waals surface area contributed by atoms with Crippen molar-refractivity contribution >= 4 is 165 Å². The fourth-order valence-electron chi connectivity index (χ4n) is 17.8. The average Bonchev–Trinajstić information content (AvgIpc) is 1.52. The standard InChI is InChI=1S/C81H129N7O17S7/c1-54(19-20-60(93)15-11-37-109-53-85-58(5)92)62-21-22-63-76-64(49-69(81(62,63)7)105-36-14-40-108-46-30-84-72(96)18-10-33-88-75(99)52-68(79(88)102)112-43-26-57(4)91)80(6)27-23-61(103-34-12-38-106-44-28-82-70(94)16-8-31-86-73(97)50-66(77(86)100)110-41-24-55(2)89)47-59(80)48-65(76)104-35-13-39-107-45-29-83-71(95)17-9-32-87-74(98)51-67(78(87)101)111-42-25-56(3)90/h54,59,61-69,76H,8-53H2,1-7H3,(H,82,94)(H,83,95)(H,84,96)(H,85,92)/t54-,59?,61-,62+,63?,64?,65?,66?,67?,68?,69+,76?,80+,81-/m1/s1. The molecule has 4 saturated carbocycles. The van der Waals surface area contributed by atoms with Gasteiger partial charge in [-0.05, 0) is 181 Å². The molecule has 31 heteroatoms. The summed E-state index contributed by atoms with van der Waals surface area (Å²) in [6.07, 6.45) is 15.6. The minimum absolute atomic E-state index is 0.00677. The lowest BCUT2D eigenvalue weighted by Crippen LogP contribution is -2.63. The smallest absolute Gasteiger partial charge is 0.242 e. The molecule has 3 heterocycles.